The van der Waals surface area contributed by atoms with Crippen LogP contribution >= 0.6 is 0 Å². The van der Waals surface area contributed by atoms with Crippen molar-refractivity contribution in [1.82, 2.24) is 0 Å². The lowest BCUT2D eigenvalue weighted by atomic mass is 9.95. The maximum Gasteiger partial charge on any atom is 0.330 e. The quantitative estimate of drug-likeness (QED) is 0.522. The molecular formula is C11H18O4. The van der Waals surface area contributed by atoms with Gasteiger partial charge in [0.1, 0.15) is 5.60 Å². The van der Waals surface area contributed by atoms with E-state index in [1.807, 2.05) is 20.8 Å². The molecule has 1 saturated heterocycles. The average molecular weight is 214 g/mol. The third-order valence-electron chi connectivity index (χ3n) is 2.64. The number of ether oxygens (including phenoxy) is 3. The Hall–Kier alpha value is -0.870. The summed E-state index contributed by atoms with van der Waals surface area (Å²) in [6.07, 6.45) is 3.03. The molecule has 0 aromatic carbocycles. The molecule has 1 fully saturated rings. The van der Waals surface area contributed by atoms with Gasteiger partial charge in [-0.25, -0.2) is 4.79 Å². The Morgan fingerprint density at radius 1 is 1.67 bits per heavy atom. The molecule has 86 valence electrons. The van der Waals surface area contributed by atoms with Crippen LogP contribution in [0.25, 0.3) is 0 Å². The summed E-state index contributed by atoms with van der Waals surface area (Å²) >= 11 is 0. The number of hydrogen-bond donors (Lipinski definition) is 0. The van der Waals surface area contributed by atoms with Gasteiger partial charge in [-0.2, -0.15) is 0 Å². The van der Waals surface area contributed by atoms with E-state index in [1.54, 1.807) is 6.08 Å². The molecule has 3 unspecified atom stereocenters. The van der Waals surface area contributed by atoms with Gasteiger partial charge in [0, 0.05) is 6.08 Å². The van der Waals surface area contributed by atoms with Crippen molar-refractivity contribution >= 4 is 5.97 Å². The molecule has 3 atom stereocenters. The van der Waals surface area contributed by atoms with Crippen LogP contribution in [0.15, 0.2) is 12.2 Å². The first-order valence-corrected chi connectivity index (χ1v) is 5.03. The minimum Gasteiger partial charge on any atom is -0.466 e. The topological polar surface area (TPSA) is 44.8 Å². The fourth-order valence-corrected chi connectivity index (χ4v) is 1.36. The SMILES string of the molecule is COC(=O)/C=C\C(C)OC1(C)COC1C. The van der Waals surface area contributed by atoms with Gasteiger partial charge in [-0.15, -0.1) is 0 Å². The molecule has 0 aromatic rings. The molecule has 4 heteroatoms. The minimum atomic E-state index is -0.367. The van der Waals surface area contributed by atoms with Gasteiger partial charge in [0.05, 0.1) is 25.9 Å². The van der Waals surface area contributed by atoms with Crippen LogP contribution in [0, 0.1) is 0 Å². The molecular weight excluding hydrogens is 196 g/mol. The van der Waals surface area contributed by atoms with Crippen molar-refractivity contribution in [3.05, 3.63) is 12.2 Å². The predicted molar refractivity (Wildman–Crippen MR) is 55.5 cm³/mol. The monoisotopic (exact) mass is 214 g/mol. The summed E-state index contributed by atoms with van der Waals surface area (Å²) in [5.74, 6) is -0.367. The second-order valence-corrected chi connectivity index (χ2v) is 3.97. The molecule has 4 nitrogen and oxygen atoms in total. The summed E-state index contributed by atoms with van der Waals surface area (Å²) in [4.78, 5) is 10.8. The van der Waals surface area contributed by atoms with Crippen molar-refractivity contribution in [1.29, 1.82) is 0 Å². The van der Waals surface area contributed by atoms with Crippen LogP contribution in [0.1, 0.15) is 20.8 Å². The number of hydrogen-bond acceptors (Lipinski definition) is 4. The molecule has 0 aliphatic carbocycles. The van der Waals surface area contributed by atoms with Gasteiger partial charge < -0.3 is 14.2 Å². The lowest BCUT2D eigenvalue weighted by Gasteiger charge is -2.45. The molecule has 0 aromatic heterocycles. The predicted octanol–water partition coefficient (Wildman–Crippen LogP) is 1.30. The average Bonchev–Trinajstić information content (AvgIpc) is 2.23. The first-order valence-electron chi connectivity index (χ1n) is 5.03. The van der Waals surface area contributed by atoms with E-state index in [9.17, 15) is 4.79 Å². The lowest BCUT2D eigenvalue weighted by molar-refractivity contribution is -0.253. The molecule has 15 heavy (non-hydrogen) atoms. The van der Waals surface area contributed by atoms with Crippen LogP contribution in [-0.4, -0.2) is 37.5 Å². The van der Waals surface area contributed by atoms with Crippen LogP contribution in [0.3, 0.4) is 0 Å². The number of carbonyl (C=O) groups is 1. The van der Waals surface area contributed by atoms with E-state index in [1.165, 1.54) is 13.2 Å². The highest BCUT2D eigenvalue weighted by molar-refractivity contribution is 5.81. The fraction of sp³-hybridized carbons (Fsp3) is 0.727. The van der Waals surface area contributed by atoms with E-state index < -0.39 is 0 Å². The van der Waals surface area contributed by atoms with E-state index in [2.05, 4.69) is 4.74 Å². The Morgan fingerprint density at radius 3 is 2.73 bits per heavy atom. The molecule has 1 aliphatic heterocycles. The van der Waals surface area contributed by atoms with Crippen molar-refractivity contribution < 1.29 is 19.0 Å². The second kappa shape index (κ2) is 4.77. The third kappa shape index (κ3) is 3.04. The zero-order valence-electron chi connectivity index (χ0n) is 9.65. The number of esters is 1. The van der Waals surface area contributed by atoms with Gasteiger partial charge in [0.2, 0.25) is 0 Å². The van der Waals surface area contributed by atoms with E-state index in [4.69, 9.17) is 9.47 Å². The normalized spacial score (nSPS) is 32.4. The summed E-state index contributed by atoms with van der Waals surface area (Å²) in [6.45, 7) is 6.46. The molecule has 0 bridgehead atoms. The Balaban J connectivity index is 2.39. The summed E-state index contributed by atoms with van der Waals surface area (Å²) < 4.78 is 15.5. The number of rotatable bonds is 4. The molecule has 1 heterocycles. The van der Waals surface area contributed by atoms with Crippen molar-refractivity contribution in [2.24, 2.45) is 0 Å². The highest BCUT2D eigenvalue weighted by Crippen LogP contribution is 2.30. The zero-order chi connectivity index (χ0) is 11.5. The van der Waals surface area contributed by atoms with Crippen LogP contribution in [0.5, 0.6) is 0 Å². The molecule has 0 amide bonds. The van der Waals surface area contributed by atoms with E-state index in [0.29, 0.717) is 6.61 Å². The molecule has 0 saturated carbocycles. The molecule has 0 N–H and O–H groups in total. The molecule has 1 rings (SSSR count). The van der Waals surface area contributed by atoms with Gasteiger partial charge in [-0.3, -0.25) is 0 Å². The van der Waals surface area contributed by atoms with E-state index in [0.717, 1.165) is 0 Å². The van der Waals surface area contributed by atoms with Gasteiger partial charge >= 0.3 is 5.97 Å². The minimum absolute atomic E-state index is 0.103. The summed E-state index contributed by atoms with van der Waals surface area (Å²) in [6, 6.07) is 0. The fourth-order valence-electron chi connectivity index (χ4n) is 1.36. The maximum absolute atomic E-state index is 10.8. The maximum atomic E-state index is 10.8. The first-order chi connectivity index (χ1) is 6.98. The Morgan fingerprint density at radius 2 is 2.33 bits per heavy atom. The first kappa shape index (κ1) is 12.2. The molecule has 0 radical (unpaired) electrons. The Kier molecular flexibility index (Phi) is 3.88. The summed E-state index contributed by atoms with van der Waals surface area (Å²) in [7, 11) is 1.35. The van der Waals surface area contributed by atoms with Crippen molar-refractivity contribution in [3.63, 3.8) is 0 Å². The third-order valence-corrected chi connectivity index (χ3v) is 2.64. The number of carbonyl (C=O) groups excluding carboxylic acids is 1. The van der Waals surface area contributed by atoms with Crippen molar-refractivity contribution in [3.8, 4) is 0 Å². The van der Waals surface area contributed by atoms with E-state index in [-0.39, 0.29) is 23.8 Å². The zero-order valence-corrected chi connectivity index (χ0v) is 9.65. The van der Waals surface area contributed by atoms with Gasteiger partial charge in [0.15, 0.2) is 0 Å². The largest absolute Gasteiger partial charge is 0.466 e. The van der Waals surface area contributed by atoms with E-state index >= 15 is 0 Å². The van der Waals surface area contributed by atoms with Gasteiger partial charge in [-0.1, -0.05) is 0 Å². The highest BCUT2D eigenvalue weighted by Gasteiger charge is 2.43. The number of methoxy groups -OCH3 is 1. The van der Waals surface area contributed by atoms with Crippen LogP contribution in [0.2, 0.25) is 0 Å². The van der Waals surface area contributed by atoms with Crippen molar-refractivity contribution in [2.45, 2.75) is 38.6 Å². The van der Waals surface area contributed by atoms with Crippen LogP contribution in [0.4, 0.5) is 0 Å². The van der Waals surface area contributed by atoms with Crippen molar-refractivity contribution in [2.75, 3.05) is 13.7 Å². The smallest absolute Gasteiger partial charge is 0.330 e. The van der Waals surface area contributed by atoms with Gasteiger partial charge in [-0.05, 0) is 26.8 Å². The molecule has 1 aliphatic rings. The van der Waals surface area contributed by atoms with Crippen LogP contribution in [-0.2, 0) is 19.0 Å². The molecule has 0 spiro atoms. The summed E-state index contributed by atoms with van der Waals surface area (Å²) in [5.41, 5.74) is -0.236. The summed E-state index contributed by atoms with van der Waals surface area (Å²) in [5, 5.41) is 0. The Labute approximate surface area is 90.2 Å². The lowest BCUT2D eigenvalue weighted by Crippen LogP contribution is -2.57. The van der Waals surface area contributed by atoms with Crippen LogP contribution < -0.4 is 0 Å². The Bertz CT molecular complexity index is 261. The standard InChI is InChI=1S/C11H18O4/c1-8(5-6-10(12)13-4)15-11(3)7-14-9(11)2/h5-6,8-9H,7H2,1-4H3/b6-5-. The second-order valence-electron chi connectivity index (χ2n) is 3.97. The highest BCUT2D eigenvalue weighted by atomic mass is 16.6. The van der Waals surface area contributed by atoms with Gasteiger partial charge in [0.25, 0.3) is 0 Å².